The zero-order valence-corrected chi connectivity index (χ0v) is 17.0. The van der Waals surface area contributed by atoms with Crippen LogP contribution in [-0.2, 0) is 16.1 Å². The minimum atomic E-state index is -0.794. The second-order valence-electron chi connectivity index (χ2n) is 7.43. The highest BCUT2D eigenvalue weighted by Gasteiger charge is 2.46. The zero-order valence-electron chi connectivity index (χ0n) is 17.0. The topological polar surface area (TPSA) is 102 Å². The van der Waals surface area contributed by atoms with Crippen molar-refractivity contribution in [3.63, 3.8) is 0 Å². The molecule has 3 aromatic rings. The van der Waals surface area contributed by atoms with Gasteiger partial charge in [0.15, 0.2) is 11.5 Å². The number of aliphatic hydroxyl groups is 1. The molecule has 0 bridgehead atoms. The van der Waals surface area contributed by atoms with Crippen LogP contribution in [0.15, 0.2) is 72.8 Å². The lowest BCUT2D eigenvalue weighted by Gasteiger charge is -2.25. The molecule has 1 N–H and O–H groups in total. The molecule has 2 aliphatic heterocycles. The van der Waals surface area contributed by atoms with Crippen molar-refractivity contribution in [2.24, 2.45) is 0 Å². The predicted octanol–water partition coefficient (Wildman–Crippen LogP) is 2.87. The first-order valence-corrected chi connectivity index (χ1v) is 10.1. The van der Waals surface area contributed by atoms with Crippen molar-refractivity contribution < 1.29 is 24.2 Å². The maximum atomic E-state index is 13.1. The Labute approximate surface area is 183 Å². The van der Waals surface area contributed by atoms with E-state index in [4.69, 9.17) is 9.47 Å². The van der Waals surface area contributed by atoms with Crippen LogP contribution in [0.3, 0.4) is 0 Å². The Balaban J connectivity index is 1.62. The Hall–Kier alpha value is -4.20. The molecular weight excluding hydrogens is 410 g/mol. The molecule has 0 aliphatic carbocycles. The van der Waals surface area contributed by atoms with Gasteiger partial charge < -0.3 is 19.5 Å². The molecule has 8 nitrogen and oxygen atoms in total. The Morgan fingerprint density at radius 2 is 1.75 bits per heavy atom. The van der Waals surface area contributed by atoms with E-state index in [0.717, 1.165) is 5.56 Å². The summed E-state index contributed by atoms with van der Waals surface area (Å²) in [4.78, 5) is 35.8. The summed E-state index contributed by atoms with van der Waals surface area (Å²) in [6.45, 7) is 0.997. The quantitative estimate of drug-likeness (QED) is 0.387. The number of nitrogens with zero attached hydrogens (tertiary/aromatic N) is 3. The largest absolute Gasteiger partial charge is 0.507 e. The normalized spacial score (nSPS) is 19.2. The molecule has 1 fully saturated rings. The molecular formula is C24H19N3O5. The number of pyridine rings is 2. The van der Waals surface area contributed by atoms with Gasteiger partial charge >= 0.3 is 0 Å². The van der Waals surface area contributed by atoms with Gasteiger partial charge in [-0.25, -0.2) is 0 Å². The highest BCUT2D eigenvalue weighted by atomic mass is 16.6. The van der Waals surface area contributed by atoms with Crippen molar-refractivity contribution in [2.75, 3.05) is 13.2 Å². The minimum Gasteiger partial charge on any atom is -0.507 e. The van der Waals surface area contributed by atoms with E-state index in [2.05, 4.69) is 9.97 Å². The lowest BCUT2D eigenvalue weighted by Crippen LogP contribution is -2.29. The van der Waals surface area contributed by atoms with Gasteiger partial charge in [-0.15, -0.1) is 0 Å². The number of likely N-dealkylation sites (tertiary alicyclic amines) is 1. The number of amides is 1. The molecule has 1 aromatic carbocycles. The van der Waals surface area contributed by atoms with Gasteiger partial charge in [-0.1, -0.05) is 12.1 Å². The summed E-state index contributed by atoms with van der Waals surface area (Å²) in [6.07, 6.45) is 6.47. The van der Waals surface area contributed by atoms with Crippen molar-refractivity contribution in [3.05, 3.63) is 89.5 Å². The van der Waals surface area contributed by atoms with E-state index in [1.807, 2.05) is 6.07 Å². The number of ketones is 1. The number of hydrogen-bond donors (Lipinski definition) is 1. The van der Waals surface area contributed by atoms with E-state index in [0.29, 0.717) is 35.8 Å². The molecule has 8 heteroatoms. The third kappa shape index (κ3) is 3.45. The van der Waals surface area contributed by atoms with Crippen LogP contribution in [0, 0.1) is 0 Å². The molecule has 1 atom stereocenters. The summed E-state index contributed by atoms with van der Waals surface area (Å²) < 4.78 is 11.1. The summed E-state index contributed by atoms with van der Waals surface area (Å²) in [5.74, 6) is -0.684. The van der Waals surface area contributed by atoms with Crippen LogP contribution in [0.1, 0.15) is 22.7 Å². The summed E-state index contributed by atoms with van der Waals surface area (Å²) in [6, 6.07) is 11.2. The highest BCUT2D eigenvalue weighted by Crippen LogP contribution is 2.41. The van der Waals surface area contributed by atoms with Crippen LogP contribution in [-0.4, -0.2) is 44.9 Å². The van der Waals surface area contributed by atoms with Crippen molar-refractivity contribution in [1.82, 2.24) is 14.9 Å². The molecule has 32 heavy (non-hydrogen) atoms. The number of carbonyl (C=O) groups excluding carboxylic acids is 2. The fourth-order valence-electron chi connectivity index (χ4n) is 3.96. The number of rotatable bonds is 4. The first kappa shape index (κ1) is 19.7. The molecule has 4 heterocycles. The Kier molecular flexibility index (Phi) is 5.03. The van der Waals surface area contributed by atoms with E-state index in [9.17, 15) is 14.7 Å². The van der Waals surface area contributed by atoms with E-state index < -0.39 is 17.7 Å². The fraction of sp³-hybridized carbons (Fsp3) is 0.167. The van der Waals surface area contributed by atoms with E-state index in [1.54, 1.807) is 61.2 Å². The number of benzene rings is 1. The standard InChI is InChI=1S/C24H19N3O5/c28-22(16-5-6-18-19(11-16)32-10-9-31-18)20-21(17-4-2-8-26-13-17)27(24(30)23(20)29)14-15-3-1-7-25-12-15/h1-8,11-13,21,28H,9-10,14H2/b22-20+. The van der Waals surface area contributed by atoms with Gasteiger partial charge in [0.25, 0.3) is 11.7 Å². The van der Waals surface area contributed by atoms with Crippen LogP contribution in [0.4, 0.5) is 0 Å². The van der Waals surface area contributed by atoms with Gasteiger partial charge in [-0.2, -0.15) is 0 Å². The predicted molar refractivity (Wildman–Crippen MR) is 114 cm³/mol. The van der Waals surface area contributed by atoms with Crippen molar-refractivity contribution in [2.45, 2.75) is 12.6 Å². The van der Waals surface area contributed by atoms with Crippen molar-refractivity contribution in [1.29, 1.82) is 0 Å². The number of carbonyl (C=O) groups is 2. The molecule has 1 saturated heterocycles. The number of aliphatic hydroxyl groups excluding tert-OH is 1. The second-order valence-corrected chi connectivity index (χ2v) is 7.43. The first-order valence-electron chi connectivity index (χ1n) is 10.1. The van der Waals surface area contributed by atoms with Crippen LogP contribution in [0.5, 0.6) is 11.5 Å². The number of aromatic nitrogens is 2. The lowest BCUT2D eigenvalue weighted by molar-refractivity contribution is -0.140. The van der Waals surface area contributed by atoms with Crippen LogP contribution in [0.2, 0.25) is 0 Å². The third-order valence-corrected chi connectivity index (χ3v) is 5.43. The third-order valence-electron chi connectivity index (χ3n) is 5.43. The van der Waals surface area contributed by atoms with Gasteiger partial charge in [0.1, 0.15) is 19.0 Å². The Morgan fingerprint density at radius 3 is 2.47 bits per heavy atom. The van der Waals surface area contributed by atoms with E-state index in [1.165, 1.54) is 4.90 Å². The zero-order chi connectivity index (χ0) is 22.1. The summed E-state index contributed by atoms with van der Waals surface area (Å²) in [7, 11) is 0. The molecule has 160 valence electrons. The number of ether oxygens (including phenoxy) is 2. The minimum absolute atomic E-state index is 0.00330. The van der Waals surface area contributed by atoms with Gasteiger partial charge in [-0.3, -0.25) is 19.6 Å². The molecule has 1 amide bonds. The smallest absolute Gasteiger partial charge is 0.295 e. The van der Waals surface area contributed by atoms with Crippen molar-refractivity contribution >= 4 is 17.4 Å². The second kappa shape index (κ2) is 8.14. The average molecular weight is 429 g/mol. The fourth-order valence-corrected chi connectivity index (χ4v) is 3.96. The van der Waals surface area contributed by atoms with Crippen molar-refractivity contribution in [3.8, 4) is 11.5 Å². The molecule has 5 rings (SSSR count). The van der Waals surface area contributed by atoms with Gasteiger partial charge in [-0.05, 0) is 41.5 Å². The van der Waals surface area contributed by atoms with Crippen LogP contribution >= 0.6 is 0 Å². The average Bonchev–Trinajstić information content (AvgIpc) is 3.09. The summed E-state index contributed by atoms with van der Waals surface area (Å²) in [5, 5.41) is 11.2. The van der Waals surface area contributed by atoms with Gasteiger partial charge in [0.2, 0.25) is 0 Å². The molecule has 0 saturated carbocycles. The van der Waals surface area contributed by atoms with Gasteiger partial charge in [0.05, 0.1) is 11.6 Å². The first-order chi connectivity index (χ1) is 15.6. The Morgan fingerprint density at radius 1 is 1.00 bits per heavy atom. The SMILES string of the molecule is O=C1C(=O)N(Cc2cccnc2)C(c2cccnc2)/C1=C(\O)c1ccc2c(c1)OCCO2. The maximum absolute atomic E-state index is 13.1. The van der Waals surface area contributed by atoms with Gasteiger partial charge in [0, 0.05) is 36.9 Å². The number of fused-ring (bicyclic) bond motifs is 1. The summed E-state index contributed by atoms with van der Waals surface area (Å²) >= 11 is 0. The van der Waals surface area contributed by atoms with Crippen LogP contribution in [0.25, 0.3) is 5.76 Å². The maximum Gasteiger partial charge on any atom is 0.295 e. The van der Waals surface area contributed by atoms with E-state index >= 15 is 0 Å². The summed E-state index contributed by atoms with van der Waals surface area (Å²) in [5.41, 5.74) is 1.75. The van der Waals surface area contributed by atoms with E-state index in [-0.39, 0.29) is 17.9 Å². The van der Waals surface area contributed by atoms with Crippen LogP contribution < -0.4 is 9.47 Å². The number of hydrogen-bond acceptors (Lipinski definition) is 7. The molecule has 2 aromatic heterocycles. The highest BCUT2D eigenvalue weighted by molar-refractivity contribution is 6.46. The molecule has 0 radical (unpaired) electrons. The number of Topliss-reactive ketones (excluding diaryl/α,β-unsaturated/α-hetero) is 1. The Bertz CT molecular complexity index is 1210. The lowest BCUT2D eigenvalue weighted by atomic mass is 9.96. The monoisotopic (exact) mass is 429 g/mol. The molecule has 0 spiro atoms. The molecule has 2 aliphatic rings. The molecule has 1 unspecified atom stereocenters.